The van der Waals surface area contributed by atoms with E-state index in [1.165, 1.54) is 24.8 Å². The minimum Gasteiger partial charge on any atom is -0.381 e. The molecule has 1 saturated carbocycles. The number of anilines is 1. The van der Waals surface area contributed by atoms with E-state index in [9.17, 15) is 4.79 Å². The lowest BCUT2D eigenvalue weighted by atomic mass is 9.95. The smallest absolute Gasteiger partial charge is 0.254 e. The zero-order chi connectivity index (χ0) is 20.1. The Labute approximate surface area is 171 Å². The summed E-state index contributed by atoms with van der Waals surface area (Å²) in [5.41, 5.74) is 3.52. The number of aryl methyl sites for hydroxylation is 1. The van der Waals surface area contributed by atoms with Crippen molar-refractivity contribution in [2.75, 3.05) is 11.9 Å². The molecule has 6 heteroatoms. The molecule has 2 N–H and O–H groups in total. The van der Waals surface area contributed by atoms with Gasteiger partial charge >= 0.3 is 0 Å². The number of carbonyl (C=O) groups excluding carboxylic acids is 1. The molecule has 3 aromatic rings. The average Bonchev–Trinajstić information content (AvgIpc) is 3.19. The van der Waals surface area contributed by atoms with Crippen molar-refractivity contribution in [2.45, 2.75) is 58.0 Å². The predicted molar refractivity (Wildman–Crippen MR) is 116 cm³/mol. The lowest BCUT2D eigenvalue weighted by Crippen LogP contribution is -2.29. The molecule has 4 rings (SSSR count). The van der Waals surface area contributed by atoms with E-state index in [-0.39, 0.29) is 5.91 Å². The Morgan fingerprint density at radius 3 is 2.69 bits per heavy atom. The second kappa shape index (κ2) is 9.07. The summed E-state index contributed by atoms with van der Waals surface area (Å²) in [5, 5.41) is 12.1. The second-order valence-corrected chi connectivity index (χ2v) is 7.72. The Morgan fingerprint density at radius 1 is 1.14 bits per heavy atom. The fraction of sp³-hybridized carbons (Fsp3) is 0.435. The molecule has 0 saturated heterocycles. The van der Waals surface area contributed by atoms with Crippen LogP contribution in [0.3, 0.4) is 0 Å². The van der Waals surface area contributed by atoms with Crippen LogP contribution in [0, 0.1) is 0 Å². The number of hydrogen-bond donors (Lipinski definition) is 2. The van der Waals surface area contributed by atoms with Gasteiger partial charge in [-0.1, -0.05) is 49.6 Å². The molecule has 0 spiro atoms. The number of fused-ring (bicyclic) bond motifs is 1. The van der Waals surface area contributed by atoms with Crippen LogP contribution in [0.2, 0.25) is 0 Å². The molecule has 1 aromatic carbocycles. The Bertz CT molecular complexity index is 960. The molecule has 0 radical (unpaired) electrons. The van der Waals surface area contributed by atoms with Crippen LogP contribution in [0.1, 0.15) is 54.9 Å². The SMILES string of the molecule is CCn1ncc2c(NC3CCCCC3)c(C(=O)NCCc3ccccc3)cnc21. The first kappa shape index (κ1) is 19.4. The predicted octanol–water partition coefficient (Wildman–Crippen LogP) is 4.17. The molecular formula is C23H29N5O. The number of aromatic nitrogens is 3. The zero-order valence-electron chi connectivity index (χ0n) is 17.0. The normalized spacial score (nSPS) is 14.8. The second-order valence-electron chi connectivity index (χ2n) is 7.72. The molecule has 0 bridgehead atoms. The molecule has 29 heavy (non-hydrogen) atoms. The van der Waals surface area contributed by atoms with Crippen LogP contribution in [0.15, 0.2) is 42.7 Å². The van der Waals surface area contributed by atoms with Crippen molar-refractivity contribution in [3.63, 3.8) is 0 Å². The molecule has 1 amide bonds. The number of benzene rings is 1. The summed E-state index contributed by atoms with van der Waals surface area (Å²) in [5.74, 6) is -0.0853. The molecule has 0 aliphatic heterocycles. The van der Waals surface area contributed by atoms with Crippen molar-refractivity contribution in [1.82, 2.24) is 20.1 Å². The van der Waals surface area contributed by atoms with Crippen LogP contribution < -0.4 is 10.6 Å². The first-order chi connectivity index (χ1) is 14.3. The van der Waals surface area contributed by atoms with Gasteiger partial charge in [0, 0.05) is 25.3 Å². The van der Waals surface area contributed by atoms with E-state index >= 15 is 0 Å². The third kappa shape index (κ3) is 4.42. The third-order valence-electron chi connectivity index (χ3n) is 5.71. The Morgan fingerprint density at radius 2 is 1.93 bits per heavy atom. The molecule has 0 unspecified atom stereocenters. The van der Waals surface area contributed by atoms with Gasteiger partial charge in [-0.15, -0.1) is 0 Å². The van der Waals surface area contributed by atoms with Gasteiger partial charge in [0.2, 0.25) is 0 Å². The highest BCUT2D eigenvalue weighted by molar-refractivity contribution is 6.06. The van der Waals surface area contributed by atoms with E-state index < -0.39 is 0 Å². The fourth-order valence-electron chi connectivity index (χ4n) is 4.10. The van der Waals surface area contributed by atoms with Crippen LogP contribution in [-0.2, 0) is 13.0 Å². The molecule has 0 atom stereocenters. The van der Waals surface area contributed by atoms with Gasteiger partial charge in [0.25, 0.3) is 5.91 Å². The number of carbonyl (C=O) groups is 1. The van der Waals surface area contributed by atoms with Gasteiger partial charge in [-0.3, -0.25) is 4.79 Å². The summed E-state index contributed by atoms with van der Waals surface area (Å²) in [6.45, 7) is 3.40. The minimum atomic E-state index is -0.0853. The number of pyridine rings is 1. The van der Waals surface area contributed by atoms with Gasteiger partial charge in [-0.25, -0.2) is 9.67 Å². The topological polar surface area (TPSA) is 71.8 Å². The van der Waals surface area contributed by atoms with Gasteiger partial charge in [0.15, 0.2) is 5.65 Å². The van der Waals surface area contributed by atoms with E-state index in [1.54, 1.807) is 6.20 Å². The van der Waals surface area contributed by atoms with Gasteiger partial charge in [0.05, 0.1) is 22.8 Å². The molecule has 2 aromatic heterocycles. The molecule has 1 fully saturated rings. The number of rotatable bonds is 7. The number of nitrogens with one attached hydrogen (secondary N) is 2. The number of amides is 1. The maximum atomic E-state index is 13.0. The van der Waals surface area contributed by atoms with Crippen molar-refractivity contribution in [3.05, 3.63) is 53.9 Å². The summed E-state index contributed by atoms with van der Waals surface area (Å²) in [4.78, 5) is 17.6. The van der Waals surface area contributed by atoms with Crippen LogP contribution in [-0.4, -0.2) is 33.3 Å². The van der Waals surface area contributed by atoms with Crippen LogP contribution >= 0.6 is 0 Å². The molecule has 152 valence electrons. The summed E-state index contributed by atoms with van der Waals surface area (Å²) >= 11 is 0. The van der Waals surface area contributed by atoms with Crippen molar-refractivity contribution >= 4 is 22.6 Å². The number of hydrogen-bond acceptors (Lipinski definition) is 4. The lowest BCUT2D eigenvalue weighted by molar-refractivity contribution is 0.0954. The van der Waals surface area contributed by atoms with E-state index in [0.29, 0.717) is 18.2 Å². The van der Waals surface area contributed by atoms with Gasteiger partial charge in [-0.05, 0) is 31.7 Å². The summed E-state index contributed by atoms with van der Waals surface area (Å²) in [7, 11) is 0. The fourth-order valence-corrected chi connectivity index (χ4v) is 4.10. The number of nitrogens with zero attached hydrogens (tertiary/aromatic N) is 3. The monoisotopic (exact) mass is 391 g/mol. The zero-order valence-corrected chi connectivity index (χ0v) is 17.0. The van der Waals surface area contributed by atoms with Crippen LogP contribution in [0.4, 0.5) is 5.69 Å². The summed E-state index contributed by atoms with van der Waals surface area (Å²) < 4.78 is 1.87. The standard InChI is InChI=1S/C23H29N5O/c1-2-28-22-19(16-26-28)21(27-18-11-7-4-8-12-18)20(15-25-22)23(29)24-14-13-17-9-5-3-6-10-17/h3,5-6,9-10,15-16,18H,2,4,7-8,11-14H2,1H3,(H,24,29)(H,25,27). The molecular weight excluding hydrogens is 362 g/mol. The molecule has 6 nitrogen and oxygen atoms in total. The van der Waals surface area contributed by atoms with Crippen molar-refractivity contribution in [1.29, 1.82) is 0 Å². The highest BCUT2D eigenvalue weighted by Crippen LogP contribution is 2.29. The van der Waals surface area contributed by atoms with Crippen molar-refractivity contribution in [3.8, 4) is 0 Å². The van der Waals surface area contributed by atoms with Gasteiger partial charge < -0.3 is 10.6 Å². The van der Waals surface area contributed by atoms with Crippen LogP contribution in [0.25, 0.3) is 11.0 Å². The van der Waals surface area contributed by atoms with E-state index in [4.69, 9.17) is 0 Å². The Balaban J connectivity index is 1.56. The van der Waals surface area contributed by atoms with Crippen molar-refractivity contribution in [2.24, 2.45) is 0 Å². The summed E-state index contributed by atoms with van der Waals surface area (Å²) in [6, 6.07) is 10.6. The Kier molecular flexibility index (Phi) is 6.08. The quantitative estimate of drug-likeness (QED) is 0.634. The van der Waals surface area contributed by atoms with E-state index in [2.05, 4.69) is 32.8 Å². The molecule has 2 heterocycles. The highest BCUT2D eigenvalue weighted by atomic mass is 16.1. The third-order valence-corrected chi connectivity index (χ3v) is 5.71. The van der Waals surface area contributed by atoms with Crippen molar-refractivity contribution < 1.29 is 4.79 Å². The maximum absolute atomic E-state index is 13.0. The highest BCUT2D eigenvalue weighted by Gasteiger charge is 2.21. The van der Waals surface area contributed by atoms with E-state index in [1.807, 2.05) is 36.0 Å². The van der Waals surface area contributed by atoms with Crippen LogP contribution in [0.5, 0.6) is 0 Å². The lowest BCUT2D eigenvalue weighted by Gasteiger charge is -2.25. The van der Waals surface area contributed by atoms with E-state index in [0.717, 1.165) is 42.5 Å². The van der Waals surface area contributed by atoms with Gasteiger partial charge in [-0.2, -0.15) is 5.10 Å². The maximum Gasteiger partial charge on any atom is 0.254 e. The largest absolute Gasteiger partial charge is 0.381 e. The molecule has 1 aliphatic carbocycles. The Hall–Kier alpha value is -2.89. The first-order valence-electron chi connectivity index (χ1n) is 10.7. The van der Waals surface area contributed by atoms with Gasteiger partial charge in [0.1, 0.15) is 0 Å². The first-order valence-corrected chi connectivity index (χ1v) is 10.7. The molecule has 1 aliphatic rings. The summed E-state index contributed by atoms with van der Waals surface area (Å²) in [6.07, 6.45) is 10.4. The minimum absolute atomic E-state index is 0.0853. The average molecular weight is 392 g/mol.